The number of guanidine groups is 1. The fraction of sp³-hybridized carbons (Fsp3) is 0.632. The molecule has 0 aromatic carbocycles. The highest BCUT2D eigenvalue weighted by molar-refractivity contribution is 5.81. The highest BCUT2D eigenvalue weighted by atomic mass is 16.5. The third kappa shape index (κ3) is 6.20. The summed E-state index contributed by atoms with van der Waals surface area (Å²) in [5.74, 6) is 1.69. The van der Waals surface area contributed by atoms with Crippen LogP contribution in [0.5, 0.6) is 5.75 Å². The molecule has 1 heterocycles. The summed E-state index contributed by atoms with van der Waals surface area (Å²) in [6, 6.07) is 0. The quantitative estimate of drug-likeness (QED) is 0.518. The van der Waals surface area contributed by atoms with E-state index in [1.165, 1.54) is 0 Å². The van der Waals surface area contributed by atoms with Crippen molar-refractivity contribution in [2.24, 2.45) is 4.99 Å². The highest BCUT2D eigenvalue weighted by Gasteiger charge is 2.11. The molecule has 0 aliphatic heterocycles. The van der Waals surface area contributed by atoms with Crippen LogP contribution in [-0.2, 0) is 11.3 Å². The van der Waals surface area contributed by atoms with Gasteiger partial charge in [-0.3, -0.25) is 9.78 Å². The van der Waals surface area contributed by atoms with Crippen LogP contribution >= 0.6 is 0 Å². The third-order valence-corrected chi connectivity index (χ3v) is 4.23. The Balaban J connectivity index is 2.71. The van der Waals surface area contributed by atoms with Gasteiger partial charge in [0.05, 0.1) is 19.3 Å². The maximum absolute atomic E-state index is 12.1. The largest absolute Gasteiger partial charge is 0.496 e. The molecule has 1 rings (SSSR count). The zero-order valence-corrected chi connectivity index (χ0v) is 17.0. The SMILES string of the molecule is CCNC(=NCc1ncc(C)c(OC)c1C)NCCC(=O)N(CC)CC. The van der Waals surface area contributed by atoms with Gasteiger partial charge in [0.15, 0.2) is 5.96 Å². The molecule has 0 aliphatic rings. The lowest BCUT2D eigenvalue weighted by atomic mass is 10.1. The van der Waals surface area contributed by atoms with Crippen molar-refractivity contribution >= 4 is 11.9 Å². The lowest BCUT2D eigenvalue weighted by Gasteiger charge is -2.19. The number of carbonyl (C=O) groups excluding carboxylic acids is 1. The number of aromatic nitrogens is 1. The third-order valence-electron chi connectivity index (χ3n) is 4.23. The van der Waals surface area contributed by atoms with E-state index in [0.717, 1.165) is 42.2 Å². The summed E-state index contributed by atoms with van der Waals surface area (Å²) in [5, 5.41) is 6.41. The first-order valence-electron chi connectivity index (χ1n) is 9.27. The zero-order valence-electron chi connectivity index (χ0n) is 17.0. The fourth-order valence-corrected chi connectivity index (χ4v) is 2.75. The van der Waals surface area contributed by atoms with Gasteiger partial charge in [-0.15, -0.1) is 0 Å². The van der Waals surface area contributed by atoms with E-state index >= 15 is 0 Å². The summed E-state index contributed by atoms with van der Waals surface area (Å²) >= 11 is 0. The van der Waals surface area contributed by atoms with Gasteiger partial charge in [0.1, 0.15) is 5.75 Å². The van der Waals surface area contributed by atoms with Crippen molar-refractivity contribution in [1.29, 1.82) is 0 Å². The number of amides is 1. The van der Waals surface area contributed by atoms with Gasteiger partial charge in [0.2, 0.25) is 5.91 Å². The van der Waals surface area contributed by atoms with E-state index in [1.807, 2.05) is 39.5 Å². The van der Waals surface area contributed by atoms with Crippen molar-refractivity contribution in [3.05, 3.63) is 23.0 Å². The number of nitrogens with one attached hydrogen (secondary N) is 2. The second kappa shape index (κ2) is 11.3. The van der Waals surface area contributed by atoms with Crippen molar-refractivity contribution < 1.29 is 9.53 Å². The van der Waals surface area contributed by atoms with Gasteiger partial charge in [-0.2, -0.15) is 0 Å². The van der Waals surface area contributed by atoms with Crippen molar-refractivity contribution in [3.63, 3.8) is 0 Å². The Bertz CT molecular complexity index is 612. The predicted molar refractivity (Wildman–Crippen MR) is 106 cm³/mol. The molecule has 0 bridgehead atoms. The first kappa shape index (κ1) is 21.7. The first-order chi connectivity index (χ1) is 12.5. The summed E-state index contributed by atoms with van der Waals surface area (Å²) in [7, 11) is 1.67. The Labute approximate surface area is 157 Å². The molecule has 0 unspecified atom stereocenters. The molecule has 0 aliphatic carbocycles. The zero-order chi connectivity index (χ0) is 19.5. The number of methoxy groups -OCH3 is 1. The monoisotopic (exact) mass is 363 g/mol. The molecule has 0 saturated heterocycles. The summed E-state index contributed by atoms with van der Waals surface area (Å²) in [4.78, 5) is 23.0. The van der Waals surface area contributed by atoms with Crippen molar-refractivity contribution in [3.8, 4) is 5.75 Å². The van der Waals surface area contributed by atoms with Gasteiger partial charge in [-0.1, -0.05) is 0 Å². The van der Waals surface area contributed by atoms with E-state index in [0.29, 0.717) is 25.5 Å². The summed E-state index contributed by atoms with van der Waals surface area (Å²) in [6.07, 6.45) is 2.25. The van der Waals surface area contributed by atoms with Gasteiger partial charge in [0.25, 0.3) is 0 Å². The molecular weight excluding hydrogens is 330 g/mol. The Kier molecular flexibility index (Phi) is 9.47. The normalized spacial score (nSPS) is 11.2. The second-order valence-corrected chi connectivity index (χ2v) is 5.98. The smallest absolute Gasteiger partial charge is 0.224 e. The molecule has 2 N–H and O–H groups in total. The van der Waals surface area contributed by atoms with E-state index in [9.17, 15) is 4.79 Å². The van der Waals surface area contributed by atoms with Gasteiger partial charge in [-0.25, -0.2) is 4.99 Å². The minimum atomic E-state index is 0.152. The van der Waals surface area contributed by atoms with Crippen molar-refractivity contribution in [2.45, 2.75) is 47.6 Å². The number of rotatable bonds is 9. The number of aryl methyl sites for hydroxylation is 1. The second-order valence-electron chi connectivity index (χ2n) is 5.98. The molecule has 7 heteroatoms. The number of carbonyl (C=O) groups is 1. The molecule has 0 radical (unpaired) electrons. The van der Waals surface area contributed by atoms with Crippen LogP contribution in [0.15, 0.2) is 11.2 Å². The number of hydrogen-bond acceptors (Lipinski definition) is 4. The molecule has 0 saturated carbocycles. The average Bonchev–Trinajstić information content (AvgIpc) is 2.62. The number of nitrogens with zero attached hydrogens (tertiary/aromatic N) is 3. The van der Waals surface area contributed by atoms with E-state index in [2.05, 4.69) is 20.6 Å². The van der Waals surface area contributed by atoms with Crippen molar-refractivity contribution in [2.75, 3.05) is 33.3 Å². The van der Waals surface area contributed by atoms with Gasteiger partial charge in [0, 0.05) is 49.9 Å². The van der Waals surface area contributed by atoms with Gasteiger partial charge in [-0.05, 0) is 34.6 Å². The Morgan fingerprint density at radius 1 is 1.23 bits per heavy atom. The van der Waals surface area contributed by atoms with Crippen LogP contribution in [-0.4, -0.2) is 55.0 Å². The average molecular weight is 364 g/mol. The van der Waals surface area contributed by atoms with Crippen LogP contribution in [0.2, 0.25) is 0 Å². The van der Waals surface area contributed by atoms with Crippen LogP contribution in [0.1, 0.15) is 44.0 Å². The van der Waals surface area contributed by atoms with E-state index in [-0.39, 0.29) is 5.91 Å². The standard InChI is InChI=1S/C19H33N5O2/c1-7-20-19(21-11-10-17(25)24(8-2)9-3)23-13-16-15(5)18(26-6)14(4)12-22-16/h12H,7-11,13H2,1-6H3,(H2,20,21,23). The molecule has 146 valence electrons. The van der Waals surface area contributed by atoms with Crippen molar-refractivity contribution in [1.82, 2.24) is 20.5 Å². The minimum absolute atomic E-state index is 0.152. The van der Waals surface area contributed by atoms with E-state index < -0.39 is 0 Å². The number of pyridine rings is 1. The van der Waals surface area contributed by atoms with Crippen LogP contribution in [0.25, 0.3) is 0 Å². The van der Waals surface area contributed by atoms with Crippen LogP contribution < -0.4 is 15.4 Å². The van der Waals surface area contributed by atoms with E-state index in [4.69, 9.17) is 4.74 Å². The lowest BCUT2D eigenvalue weighted by molar-refractivity contribution is -0.130. The number of hydrogen-bond donors (Lipinski definition) is 2. The predicted octanol–water partition coefficient (Wildman–Crippen LogP) is 2.02. The molecule has 7 nitrogen and oxygen atoms in total. The first-order valence-corrected chi connectivity index (χ1v) is 9.27. The topological polar surface area (TPSA) is 78.9 Å². The molecule has 0 spiro atoms. The number of aliphatic imine (C=N–C) groups is 1. The van der Waals surface area contributed by atoms with Crippen LogP contribution in [0, 0.1) is 13.8 Å². The van der Waals surface area contributed by atoms with Crippen LogP contribution in [0.4, 0.5) is 0 Å². The van der Waals surface area contributed by atoms with E-state index in [1.54, 1.807) is 13.3 Å². The highest BCUT2D eigenvalue weighted by Crippen LogP contribution is 2.24. The van der Waals surface area contributed by atoms with Gasteiger partial charge >= 0.3 is 0 Å². The minimum Gasteiger partial charge on any atom is -0.496 e. The molecule has 1 amide bonds. The van der Waals surface area contributed by atoms with Crippen LogP contribution in [0.3, 0.4) is 0 Å². The fourth-order valence-electron chi connectivity index (χ4n) is 2.75. The molecule has 26 heavy (non-hydrogen) atoms. The Hall–Kier alpha value is -2.31. The molecule has 0 atom stereocenters. The maximum Gasteiger partial charge on any atom is 0.224 e. The Morgan fingerprint density at radius 3 is 2.50 bits per heavy atom. The maximum atomic E-state index is 12.1. The molecule has 0 fully saturated rings. The number of ether oxygens (including phenoxy) is 1. The Morgan fingerprint density at radius 2 is 1.92 bits per heavy atom. The molecule has 1 aromatic rings. The lowest BCUT2D eigenvalue weighted by Crippen LogP contribution is -2.40. The van der Waals surface area contributed by atoms with Gasteiger partial charge < -0.3 is 20.3 Å². The molecule has 1 aromatic heterocycles. The summed E-state index contributed by atoms with van der Waals surface area (Å²) < 4.78 is 5.44. The summed E-state index contributed by atoms with van der Waals surface area (Å²) in [6.45, 7) is 13.2. The summed E-state index contributed by atoms with van der Waals surface area (Å²) in [5.41, 5.74) is 2.89. The molecular formula is C19H33N5O2.